The van der Waals surface area contributed by atoms with Gasteiger partial charge in [-0.05, 0) is 18.6 Å². The summed E-state index contributed by atoms with van der Waals surface area (Å²) in [4.78, 5) is -0.548. The number of halogens is 1. The summed E-state index contributed by atoms with van der Waals surface area (Å²) in [5, 5.41) is 0. The van der Waals surface area contributed by atoms with E-state index >= 15 is 0 Å². The SMILES string of the molecule is COCCCNS(=O)(=O)c1cccc(F)c1C(N)=S. The summed E-state index contributed by atoms with van der Waals surface area (Å²) < 4.78 is 44.8. The quantitative estimate of drug-likeness (QED) is 0.574. The van der Waals surface area contributed by atoms with Crippen molar-refractivity contribution < 1.29 is 17.5 Å². The maximum absolute atomic E-state index is 13.6. The van der Waals surface area contributed by atoms with Crippen LogP contribution in [0.2, 0.25) is 0 Å². The number of hydrogen-bond acceptors (Lipinski definition) is 4. The van der Waals surface area contributed by atoms with Crippen molar-refractivity contribution in [1.82, 2.24) is 4.72 Å². The van der Waals surface area contributed by atoms with Crippen molar-refractivity contribution >= 4 is 27.2 Å². The number of nitrogens with two attached hydrogens (primary N) is 1. The van der Waals surface area contributed by atoms with E-state index in [2.05, 4.69) is 16.9 Å². The Morgan fingerprint density at radius 3 is 2.79 bits per heavy atom. The van der Waals surface area contributed by atoms with Gasteiger partial charge in [0, 0.05) is 20.3 Å². The molecule has 0 saturated heterocycles. The summed E-state index contributed by atoms with van der Waals surface area (Å²) in [5.41, 5.74) is 5.10. The second kappa shape index (κ2) is 6.90. The Hall–Kier alpha value is -1.09. The van der Waals surface area contributed by atoms with Crippen molar-refractivity contribution in [3.8, 4) is 0 Å². The van der Waals surface area contributed by atoms with Gasteiger partial charge in [-0.25, -0.2) is 17.5 Å². The van der Waals surface area contributed by atoms with E-state index in [-0.39, 0.29) is 22.0 Å². The zero-order valence-corrected chi connectivity index (χ0v) is 12.0. The fourth-order valence-corrected chi connectivity index (χ4v) is 3.04. The summed E-state index contributed by atoms with van der Waals surface area (Å²) in [7, 11) is -2.33. The van der Waals surface area contributed by atoms with E-state index in [1.165, 1.54) is 19.2 Å². The zero-order valence-electron chi connectivity index (χ0n) is 10.3. The van der Waals surface area contributed by atoms with Crippen LogP contribution in [0.4, 0.5) is 4.39 Å². The van der Waals surface area contributed by atoms with Gasteiger partial charge < -0.3 is 10.5 Å². The predicted molar refractivity (Wildman–Crippen MR) is 74.0 cm³/mol. The lowest BCUT2D eigenvalue weighted by molar-refractivity contribution is 0.196. The molecule has 8 heteroatoms. The fourth-order valence-electron chi connectivity index (χ4n) is 1.47. The zero-order chi connectivity index (χ0) is 14.5. The molecule has 0 heterocycles. The molecule has 0 aliphatic heterocycles. The standard InChI is InChI=1S/C11H15FN2O3S2/c1-17-7-3-6-14-19(15,16)9-5-2-4-8(12)10(9)11(13)18/h2,4-5,14H,3,6-7H2,1H3,(H2,13,18). The normalized spacial score (nSPS) is 11.5. The third-order valence-electron chi connectivity index (χ3n) is 2.33. The molecule has 0 fully saturated rings. The maximum atomic E-state index is 13.6. The van der Waals surface area contributed by atoms with Gasteiger partial charge in [-0.2, -0.15) is 0 Å². The molecule has 0 unspecified atom stereocenters. The van der Waals surface area contributed by atoms with E-state index in [0.717, 1.165) is 6.07 Å². The number of ether oxygens (including phenoxy) is 1. The van der Waals surface area contributed by atoms with Crippen LogP contribution >= 0.6 is 12.2 Å². The molecule has 5 nitrogen and oxygen atoms in total. The predicted octanol–water partition coefficient (Wildman–Crippen LogP) is 0.775. The number of benzene rings is 1. The van der Waals surface area contributed by atoms with Gasteiger partial charge in [-0.3, -0.25) is 0 Å². The Bertz CT molecular complexity index is 561. The molecule has 0 radical (unpaired) electrons. The molecule has 106 valence electrons. The number of rotatable bonds is 7. The summed E-state index contributed by atoms with van der Waals surface area (Å²) in [6, 6.07) is 3.66. The molecule has 0 amide bonds. The maximum Gasteiger partial charge on any atom is 0.241 e. The first-order valence-electron chi connectivity index (χ1n) is 5.47. The van der Waals surface area contributed by atoms with Gasteiger partial charge in [-0.1, -0.05) is 18.3 Å². The van der Waals surface area contributed by atoms with Crippen molar-refractivity contribution in [3.05, 3.63) is 29.6 Å². The summed E-state index contributed by atoms with van der Waals surface area (Å²) >= 11 is 4.69. The lowest BCUT2D eigenvalue weighted by atomic mass is 10.2. The Morgan fingerprint density at radius 2 is 2.21 bits per heavy atom. The molecule has 0 aliphatic carbocycles. The smallest absolute Gasteiger partial charge is 0.241 e. The molecule has 1 rings (SSSR count). The van der Waals surface area contributed by atoms with Gasteiger partial charge in [0.2, 0.25) is 10.0 Å². The minimum Gasteiger partial charge on any atom is -0.389 e. The average Bonchev–Trinajstić information content (AvgIpc) is 2.34. The molecule has 0 aromatic heterocycles. The monoisotopic (exact) mass is 306 g/mol. The van der Waals surface area contributed by atoms with Crippen molar-refractivity contribution in [2.45, 2.75) is 11.3 Å². The second-order valence-corrected chi connectivity index (χ2v) is 5.90. The Balaban J connectivity index is 3.01. The van der Waals surface area contributed by atoms with E-state index in [0.29, 0.717) is 13.0 Å². The number of nitrogens with one attached hydrogen (secondary N) is 1. The van der Waals surface area contributed by atoms with Gasteiger partial charge in [0.15, 0.2) is 0 Å². The van der Waals surface area contributed by atoms with E-state index in [9.17, 15) is 12.8 Å². The average molecular weight is 306 g/mol. The van der Waals surface area contributed by atoms with Crippen LogP contribution < -0.4 is 10.5 Å². The second-order valence-electron chi connectivity index (χ2n) is 3.72. The number of hydrogen-bond donors (Lipinski definition) is 2. The van der Waals surface area contributed by atoms with E-state index < -0.39 is 15.8 Å². The minimum atomic E-state index is -3.85. The van der Waals surface area contributed by atoms with Gasteiger partial charge in [0.1, 0.15) is 10.8 Å². The first kappa shape index (κ1) is 16.0. The first-order chi connectivity index (χ1) is 8.90. The molecule has 0 aliphatic rings. The van der Waals surface area contributed by atoms with Crippen LogP contribution in [0.1, 0.15) is 12.0 Å². The molecule has 0 spiro atoms. The molecule has 3 N–H and O–H groups in total. The first-order valence-corrected chi connectivity index (χ1v) is 7.36. The number of sulfonamides is 1. The highest BCUT2D eigenvalue weighted by Crippen LogP contribution is 2.18. The van der Waals surface area contributed by atoms with Crippen LogP contribution in [-0.2, 0) is 14.8 Å². The summed E-state index contributed by atoms with van der Waals surface area (Å²) in [6.45, 7) is 0.608. The van der Waals surface area contributed by atoms with Crippen LogP contribution in [0.15, 0.2) is 23.1 Å². The van der Waals surface area contributed by atoms with Crippen LogP contribution in [0, 0.1) is 5.82 Å². The van der Waals surface area contributed by atoms with Crippen LogP contribution in [0.5, 0.6) is 0 Å². The molecule has 0 bridgehead atoms. The minimum absolute atomic E-state index is 0.184. The number of methoxy groups -OCH3 is 1. The molecule has 1 aromatic rings. The highest BCUT2D eigenvalue weighted by atomic mass is 32.2. The molecule has 1 aromatic carbocycles. The summed E-state index contributed by atoms with van der Waals surface area (Å²) in [5.74, 6) is -0.757. The summed E-state index contributed by atoms with van der Waals surface area (Å²) in [6.07, 6.45) is 0.507. The van der Waals surface area contributed by atoms with E-state index in [4.69, 9.17) is 10.5 Å². The molecule has 0 saturated carbocycles. The van der Waals surface area contributed by atoms with Crippen molar-refractivity contribution in [2.24, 2.45) is 5.73 Å². The Labute approximate surface area is 117 Å². The van der Waals surface area contributed by atoms with Gasteiger partial charge in [0.05, 0.1) is 10.5 Å². The molecular weight excluding hydrogens is 291 g/mol. The molecule has 19 heavy (non-hydrogen) atoms. The van der Waals surface area contributed by atoms with Crippen molar-refractivity contribution in [2.75, 3.05) is 20.3 Å². The van der Waals surface area contributed by atoms with Crippen molar-refractivity contribution in [3.63, 3.8) is 0 Å². The van der Waals surface area contributed by atoms with Crippen LogP contribution in [0.3, 0.4) is 0 Å². The number of thiocarbonyl (C=S) groups is 1. The fraction of sp³-hybridized carbons (Fsp3) is 0.364. The van der Waals surface area contributed by atoms with Gasteiger partial charge in [-0.15, -0.1) is 0 Å². The van der Waals surface area contributed by atoms with Gasteiger partial charge in [0.25, 0.3) is 0 Å². The lowest BCUT2D eigenvalue weighted by Crippen LogP contribution is -2.28. The largest absolute Gasteiger partial charge is 0.389 e. The van der Waals surface area contributed by atoms with Crippen LogP contribution in [0.25, 0.3) is 0 Å². The topological polar surface area (TPSA) is 81.4 Å². The Kier molecular flexibility index (Phi) is 5.80. The van der Waals surface area contributed by atoms with Crippen molar-refractivity contribution in [1.29, 1.82) is 0 Å². The highest BCUT2D eigenvalue weighted by Gasteiger charge is 2.22. The van der Waals surface area contributed by atoms with E-state index in [1.807, 2.05) is 0 Å². The van der Waals surface area contributed by atoms with E-state index in [1.54, 1.807) is 0 Å². The highest BCUT2D eigenvalue weighted by molar-refractivity contribution is 7.89. The third kappa shape index (κ3) is 4.20. The van der Waals surface area contributed by atoms with Gasteiger partial charge >= 0.3 is 0 Å². The third-order valence-corrected chi connectivity index (χ3v) is 4.04. The molecular formula is C11H15FN2O3S2. The molecule has 0 atom stereocenters. The Morgan fingerprint density at radius 1 is 1.53 bits per heavy atom. The van der Waals surface area contributed by atoms with Crippen LogP contribution in [-0.4, -0.2) is 33.7 Å². The lowest BCUT2D eigenvalue weighted by Gasteiger charge is -2.11.